The Morgan fingerprint density at radius 2 is 1.13 bits per heavy atom. The van der Waals surface area contributed by atoms with Crippen LogP contribution in [0.4, 0.5) is 17.1 Å². The highest BCUT2D eigenvalue weighted by Crippen LogP contribution is 2.41. The average Bonchev–Trinajstić information content (AvgIpc) is 3.52. The van der Waals surface area contributed by atoms with Crippen molar-refractivity contribution in [2.75, 3.05) is 4.90 Å². The first kappa shape index (κ1) is 26.2. The molecule has 0 amide bonds. The molecule has 0 N–H and O–H groups in total. The van der Waals surface area contributed by atoms with Gasteiger partial charge in [-0.25, -0.2) is 0 Å². The Labute approximate surface area is 266 Å². The number of hydrogen-bond donors (Lipinski definition) is 0. The quantitative estimate of drug-likeness (QED) is 0.200. The highest BCUT2D eigenvalue weighted by Gasteiger charge is 2.16. The van der Waals surface area contributed by atoms with Crippen molar-refractivity contribution >= 4 is 60.5 Å². The molecule has 9 rings (SSSR count). The Hall–Kier alpha value is -6.19. The minimum atomic E-state index is 0.806. The number of aromatic nitrogens is 1. The van der Waals surface area contributed by atoms with E-state index in [9.17, 15) is 0 Å². The van der Waals surface area contributed by atoms with Gasteiger partial charge in [0.2, 0.25) is 0 Å². The highest BCUT2D eigenvalue weighted by molar-refractivity contribution is 6.19. The maximum Gasteiger partial charge on any atom is 0.153 e. The molecular formula is C43H28N2O. The molecule has 0 aliphatic rings. The summed E-state index contributed by atoms with van der Waals surface area (Å²) in [6.07, 6.45) is 3.62. The van der Waals surface area contributed by atoms with E-state index in [1.807, 2.05) is 12.3 Å². The Balaban J connectivity index is 1.18. The maximum absolute atomic E-state index is 6.13. The molecule has 7 aromatic carbocycles. The standard InChI is InChI=1S/C43H28N2O/c1-2-7-29(8-3-1)30-13-18-34(19-14-30)45(35-20-15-32(16-21-35)38-12-6-10-31-9-4-5-11-37(31)38)36-22-23-39-33(27-36)17-24-41-43(39)40-25-26-44-28-42(40)46-41/h1-28H. The normalized spacial score (nSPS) is 11.5. The Morgan fingerprint density at radius 3 is 1.96 bits per heavy atom. The number of hydrogen-bond acceptors (Lipinski definition) is 3. The number of pyridine rings is 1. The fraction of sp³-hybridized carbons (Fsp3) is 0. The second-order valence-electron chi connectivity index (χ2n) is 11.6. The number of furan rings is 1. The molecule has 3 heteroatoms. The van der Waals surface area contributed by atoms with Gasteiger partial charge in [0.15, 0.2) is 5.58 Å². The fourth-order valence-corrected chi connectivity index (χ4v) is 6.73. The van der Waals surface area contributed by atoms with Crippen molar-refractivity contribution in [3.63, 3.8) is 0 Å². The number of rotatable bonds is 5. The molecule has 2 heterocycles. The van der Waals surface area contributed by atoms with Gasteiger partial charge in [0.25, 0.3) is 0 Å². The third-order valence-corrected chi connectivity index (χ3v) is 8.96. The summed E-state index contributed by atoms with van der Waals surface area (Å²) in [6, 6.07) is 56.3. The Kier molecular flexibility index (Phi) is 6.14. The van der Waals surface area contributed by atoms with Crippen LogP contribution in [0, 0.1) is 0 Å². The maximum atomic E-state index is 6.13. The van der Waals surface area contributed by atoms with Crippen molar-refractivity contribution in [3.05, 3.63) is 170 Å². The van der Waals surface area contributed by atoms with E-state index in [1.165, 1.54) is 33.0 Å². The minimum absolute atomic E-state index is 0.806. The van der Waals surface area contributed by atoms with E-state index < -0.39 is 0 Å². The molecule has 2 aromatic heterocycles. The van der Waals surface area contributed by atoms with Crippen LogP contribution in [0.3, 0.4) is 0 Å². The lowest BCUT2D eigenvalue weighted by Gasteiger charge is -2.26. The number of fused-ring (bicyclic) bond motifs is 6. The molecule has 0 atom stereocenters. The molecule has 216 valence electrons. The fourth-order valence-electron chi connectivity index (χ4n) is 6.73. The first-order valence-electron chi connectivity index (χ1n) is 15.5. The van der Waals surface area contributed by atoms with Crippen LogP contribution in [0.5, 0.6) is 0 Å². The summed E-state index contributed by atoms with van der Waals surface area (Å²) >= 11 is 0. The smallest absolute Gasteiger partial charge is 0.153 e. The monoisotopic (exact) mass is 588 g/mol. The summed E-state index contributed by atoms with van der Waals surface area (Å²) in [5, 5.41) is 7.03. The van der Waals surface area contributed by atoms with Crippen LogP contribution >= 0.6 is 0 Å². The Morgan fingerprint density at radius 1 is 0.435 bits per heavy atom. The Bertz CT molecular complexity index is 2510. The molecule has 46 heavy (non-hydrogen) atoms. The lowest BCUT2D eigenvalue weighted by atomic mass is 9.98. The molecule has 0 aliphatic heterocycles. The number of benzene rings is 7. The van der Waals surface area contributed by atoms with Crippen molar-refractivity contribution in [2.24, 2.45) is 0 Å². The third kappa shape index (κ3) is 4.41. The molecule has 0 saturated carbocycles. The van der Waals surface area contributed by atoms with Crippen molar-refractivity contribution in [1.29, 1.82) is 0 Å². The van der Waals surface area contributed by atoms with Gasteiger partial charge in [-0.05, 0) is 92.3 Å². The molecule has 0 radical (unpaired) electrons. The largest absolute Gasteiger partial charge is 0.454 e. The summed E-state index contributed by atoms with van der Waals surface area (Å²) in [6.45, 7) is 0. The topological polar surface area (TPSA) is 29.3 Å². The lowest BCUT2D eigenvalue weighted by molar-refractivity contribution is 0.667. The first-order chi connectivity index (χ1) is 22.8. The van der Waals surface area contributed by atoms with Crippen LogP contribution in [0.1, 0.15) is 0 Å². The third-order valence-electron chi connectivity index (χ3n) is 8.96. The summed E-state index contributed by atoms with van der Waals surface area (Å²) < 4.78 is 6.13. The van der Waals surface area contributed by atoms with Crippen molar-refractivity contribution < 1.29 is 4.42 Å². The van der Waals surface area contributed by atoms with Gasteiger partial charge in [0, 0.05) is 34.0 Å². The van der Waals surface area contributed by atoms with E-state index in [2.05, 4.69) is 162 Å². The SMILES string of the molecule is c1ccc(-c2ccc(N(c3ccc(-c4cccc5ccccc45)cc3)c3ccc4c(ccc5oc6cnccc6c54)c3)cc2)cc1. The predicted octanol–water partition coefficient (Wildman–Crippen LogP) is 12.1. The van der Waals surface area contributed by atoms with E-state index in [1.54, 1.807) is 6.20 Å². The zero-order valence-corrected chi connectivity index (χ0v) is 25.0. The van der Waals surface area contributed by atoms with Crippen molar-refractivity contribution in [3.8, 4) is 22.3 Å². The van der Waals surface area contributed by atoms with Crippen molar-refractivity contribution in [1.82, 2.24) is 4.98 Å². The summed E-state index contributed by atoms with van der Waals surface area (Å²) in [5.41, 5.74) is 9.79. The van der Waals surface area contributed by atoms with Gasteiger partial charge in [0.05, 0.1) is 6.20 Å². The van der Waals surface area contributed by atoms with Crippen LogP contribution in [0.2, 0.25) is 0 Å². The molecule has 0 unspecified atom stereocenters. The molecule has 0 saturated heterocycles. The van der Waals surface area contributed by atoms with Gasteiger partial charge < -0.3 is 9.32 Å². The molecule has 0 aliphatic carbocycles. The summed E-state index contributed by atoms with van der Waals surface area (Å²) in [7, 11) is 0. The minimum Gasteiger partial charge on any atom is -0.454 e. The molecule has 3 nitrogen and oxygen atoms in total. The van der Waals surface area contributed by atoms with Crippen LogP contribution in [0.15, 0.2) is 175 Å². The zero-order chi connectivity index (χ0) is 30.5. The lowest BCUT2D eigenvalue weighted by Crippen LogP contribution is -2.09. The van der Waals surface area contributed by atoms with E-state index in [0.29, 0.717) is 0 Å². The van der Waals surface area contributed by atoms with Gasteiger partial charge in [-0.3, -0.25) is 4.98 Å². The van der Waals surface area contributed by atoms with Gasteiger partial charge in [0.1, 0.15) is 5.58 Å². The van der Waals surface area contributed by atoms with Gasteiger partial charge in [-0.1, -0.05) is 109 Å². The van der Waals surface area contributed by atoms with Crippen LogP contribution in [0.25, 0.3) is 65.7 Å². The van der Waals surface area contributed by atoms with Gasteiger partial charge in [-0.15, -0.1) is 0 Å². The van der Waals surface area contributed by atoms with Gasteiger partial charge >= 0.3 is 0 Å². The second kappa shape index (κ2) is 10.8. The van der Waals surface area contributed by atoms with Crippen molar-refractivity contribution in [2.45, 2.75) is 0 Å². The first-order valence-corrected chi connectivity index (χ1v) is 15.5. The van der Waals surface area contributed by atoms with E-state index in [4.69, 9.17) is 4.42 Å². The van der Waals surface area contributed by atoms with Crippen LogP contribution in [-0.4, -0.2) is 4.98 Å². The molecule has 0 bridgehead atoms. The van der Waals surface area contributed by atoms with Crippen LogP contribution < -0.4 is 4.90 Å². The van der Waals surface area contributed by atoms with E-state index >= 15 is 0 Å². The zero-order valence-electron chi connectivity index (χ0n) is 25.0. The average molecular weight is 589 g/mol. The number of nitrogens with zero attached hydrogens (tertiary/aromatic N) is 2. The molecule has 9 aromatic rings. The van der Waals surface area contributed by atoms with E-state index in [-0.39, 0.29) is 0 Å². The summed E-state index contributed by atoms with van der Waals surface area (Å²) in [4.78, 5) is 6.59. The second-order valence-corrected chi connectivity index (χ2v) is 11.6. The summed E-state index contributed by atoms with van der Waals surface area (Å²) in [5.74, 6) is 0. The molecular weight excluding hydrogens is 560 g/mol. The highest BCUT2D eigenvalue weighted by atomic mass is 16.3. The van der Waals surface area contributed by atoms with Crippen LogP contribution in [-0.2, 0) is 0 Å². The number of anilines is 3. The predicted molar refractivity (Wildman–Crippen MR) is 192 cm³/mol. The van der Waals surface area contributed by atoms with E-state index in [0.717, 1.165) is 49.8 Å². The molecule has 0 fully saturated rings. The van der Waals surface area contributed by atoms with Gasteiger partial charge in [-0.2, -0.15) is 0 Å². The molecule has 0 spiro atoms.